The van der Waals surface area contributed by atoms with Crippen LogP contribution in [0.4, 0.5) is 0 Å². The van der Waals surface area contributed by atoms with Gasteiger partial charge in [0.05, 0.1) is 5.97 Å². The molecule has 0 saturated heterocycles. The number of hydrogen-bond acceptors (Lipinski definition) is 7. The smallest absolute Gasteiger partial charge is 0.550 e. The van der Waals surface area contributed by atoms with E-state index in [0.29, 0.717) is 0 Å². The van der Waals surface area contributed by atoms with Gasteiger partial charge in [-0.2, -0.15) is 0 Å². The van der Waals surface area contributed by atoms with Gasteiger partial charge in [0, 0.05) is 24.8 Å². The molecule has 0 saturated carbocycles. The SMILES string of the molecule is O=C([O-])CC(O)(CC(=O)[O-])C(=O)[O-].[Ir+3]. The van der Waals surface area contributed by atoms with Crippen LogP contribution < -0.4 is 15.3 Å². The molecule has 0 heterocycles. The Hall–Kier alpha value is -0.981. The van der Waals surface area contributed by atoms with Gasteiger partial charge in [0.25, 0.3) is 0 Å². The summed E-state index contributed by atoms with van der Waals surface area (Å²) in [5.41, 5.74) is -2.97. The van der Waals surface area contributed by atoms with Gasteiger partial charge in [-0.3, -0.25) is 0 Å². The average molecular weight is 381 g/mol. The summed E-state index contributed by atoms with van der Waals surface area (Å²) in [7, 11) is 0. The minimum absolute atomic E-state index is 0. The Morgan fingerprint density at radius 1 is 1.00 bits per heavy atom. The van der Waals surface area contributed by atoms with Crippen LogP contribution in [0.25, 0.3) is 0 Å². The van der Waals surface area contributed by atoms with Crippen LogP contribution in [0.1, 0.15) is 12.8 Å². The predicted molar refractivity (Wildman–Crippen MR) is 29.2 cm³/mol. The van der Waals surface area contributed by atoms with Gasteiger partial charge in [-0.1, -0.05) is 0 Å². The summed E-state index contributed by atoms with van der Waals surface area (Å²) in [5, 5.41) is 38.9. The Kier molecular flexibility index (Phi) is 6.29. The Bertz CT molecular complexity index is 233. The van der Waals surface area contributed by atoms with Crippen LogP contribution in [0.5, 0.6) is 0 Å². The van der Waals surface area contributed by atoms with E-state index in [4.69, 9.17) is 5.11 Å². The Balaban J connectivity index is 0. The molecule has 0 aromatic carbocycles. The third-order valence-electron chi connectivity index (χ3n) is 1.25. The zero-order valence-electron chi connectivity index (χ0n) is 6.64. The van der Waals surface area contributed by atoms with Gasteiger partial charge in [-0.05, 0) is 0 Å². The van der Waals surface area contributed by atoms with Gasteiger partial charge in [-0.15, -0.1) is 0 Å². The molecule has 14 heavy (non-hydrogen) atoms. The molecule has 8 heteroatoms. The first-order chi connectivity index (χ1) is 5.78. The fourth-order valence-corrected chi connectivity index (χ4v) is 0.684. The van der Waals surface area contributed by atoms with E-state index in [1.54, 1.807) is 0 Å². The van der Waals surface area contributed by atoms with E-state index in [9.17, 15) is 29.7 Å². The number of aliphatic hydroxyl groups is 1. The molecule has 0 rings (SSSR count). The predicted octanol–water partition coefficient (Wildman–Crippen LogP) is -5.26. The van der Waals surface area contributed by atoms with Crippen molar-refractivity contribution in [3.05, 3.63) is 0 Å². The van der Waals surface area contributed by atoms with Crippen LogP contribution in [0.3, 0.4) is 0 Å². The normalized spacial score (nSPS) is 10.1. The molecule has 0 bridgehead atoms. The molecular formula is C6H5IrO7. The Morgan fingerprint density at radius 2 is 1.29 bits per heavy atom. The zero-order valence-corrected chi connectivity index (χ0v) is 9.04. The molecule has 0 fully saturated rings. The van der Waals surface area contributed by atoms with Gasteiger partial charge >= 0.3 is 20.1 Å². The summed E-state index contributed by atoms with van der Waals surface area (Å²) in [6.07, 6.45) is -2.72. The first kappa shape index (κ1) is 15.5. The fraction of sp³-hybridized carbons (Fsp3) is 0.500. The molecule has 0 spiro atoms. The molecular weight excluding hydrogens is 376 g/mol. The molecule has 0 aromatic heterocycles. The second kappa shape index (κ2) is 5.69. The van der Waals surface area contributed by atoms with Gasteiger partial charge in [-0.25, -0.2) is 0 Å². The van der Waals surface area contributed by atoms with Gasteiger partial charge in [0.1, 0.15) is 5.60 Å². The molecule has 7 nitrogen and oxygen atoms in total. The molecule has 0 atom stereocenters. The van der Waals surface area contributed by atoms with E-state index in [1.165, 1.54) is 0 Å². The fourth-order valence-electron chi connectivity index (χ4n) is 0.684. The second-order valence-corrected chi connectivity index (χ2v) is 2.42. The number of carboxylic acid groups (broad SMARTS) is 3. The molecule has 0 aliphatic carbocycles. The van der Waals surface area contributed by atoms with Crippen LogP contribution >= 0.6 is 0 Å². The van der Waals surface area contributed by atoms with Crippen molar-refractivity contribution >= 4 is 17.9 Å². The van der Waals surface area contributed by atoms with E-state index >= 15 is 0 Å². The molecule has 1 N–H and O–H groups in total. The van der Waals surface area contributed by atoms with E-state index < -0.39 is 36.4 Å². The van der Waals surface area contributed by atoms with Crippen LogP contribution in [0, 0.1) is 0 Å². The number of hydrogen-bond donors (Lipinski definition) is 1. The molecule has 0 aliphatic heterocycles. The van der Waals surface area contributed by atoms with Crippen molar-refractivity contribution in [1.29, 1.82) is 0 Å². The summed E-state index contributed by atoms with van der Waals surface area (Å²) in [6.45, 7) is 0. The van der Waals surface area contributed by atoms with Crippen molar-refractivity contribution in [3.63, 3.8) is 0 Å². The molecule has 0 aliphatic rings. The van der Waals surface area contributed by atoms with Gasteiger partial charge < -0.3 is 34.8 Å². The first-order valence-corrected chi connectivity index (χ1v) is 3.11. The van der Waals surface area contributed by atoms with Crippen molar-refractivity contribution in [1.82, 2.24) is 0 Å². The third kappa shape index (κ3) is 4.90. The Morgan fingerprint density at radius 3 is 1.43 bits per heavy atom. The van der Waals surface area contributed by atoms with Crippen molar-refractivity contribution < 1.29 is 54.9 Å². The van der Waals surface area contributed by atoms with Crippen molar-refractivity contribution in [2.24, 2.45) is 0 Å². The largest absolute Gasteiger partial charge is 3.00 e. The molecule has 0 radical (unpaired) electrons. The van der Waals surface area contributed by atoms with Crippen molar-refractivity contribution in [3.8, 4) is 0 Å². The summed E-state index contributed by atoms with van der Waals surface area (Å²) in [6, 6.07) is 0. The van der Waals surface area contributed by atoms with Crippen LogP contribution in [-0.2, 0) is 34.5 Å². The van der Waals surface area contributed by atoms with E-state index in [-0.39, 0.29) is 20.1 Å². The summed E-state index contributed by atoms with van der Waals surface area (Å²) in [4.78, 5) is 30.0. The maximum absolute atomic E-state index is 10.1. The van der Waals surface area contributed by atoms with Gasteiger partial charge in [0.15, 0.2) is 0 Å². The molecule has 0 aromatic rings. The summed E-state index contributed by atoms with van der Waals surface area (Å²) < 4.78 is 0. The summed E-state index contributed by atoms with van der Waals surface area (Å²) >= 11 is 0. The zero-order chi connectivity index (χ0) is 10.6. The third-order valence-corrected chi connectivity index (χ3v) is 1.25. The molecule has 0 amide bonds. The quantitative estimate of drug-likeness (QED) is 0.502. The number of rotatable bonds is 5. The number of carbonyl (C=O) groups is 3. The number of carboxylic acids is 3. The standard InChI is InChI=1S/C6H8O7.Ir/c7-3(8)1-6(13,5(11)12)2-4(9)10;/h13H,1-2H2,(H,7,8)(H,9,10)(H,11,12);/q;+3/p-3. The second-order valence-electron chi connectivity index (χ2n) is 2.42. The first-order valence-electron chi connectivity index (χ1n) is 3.11. The average Bonchev–Trinajstić information content (AvgIpc) is 1.82. The number of aliphatic carboxylic acids is 3. The maximum atomic E-state index is 10.1. The summed E-state index contributed by atoms with van der Waals surface area (Å²) in [5.74, 6) is -5.98. The topological polar surface area (TPSA) is 141 Å². The monoisotopic (exact) mass is 382 g/mol. The van der Waals surface area contributed by atoms with Crippen molar-refractivity contribution in [2.45, 2.75) is 18.4 Å². The van der Waals surface area contributed by atoms with E-state index in [1.807, 2.05) is 0 Å². The van der Waals surface area contributed by atoms with Crippen LogP contribution in [0.15, 0.2) is 0 Å². The number of carbonyl (C=O) groups excluding carboxylic acids is 3. The minimum atomic E-state index is -2.97. The Labute approximate surface area is 91.7 Å². The molecule has 80 valence electrons. The van der Waals surface area contributed by atoms with Crippen LogP contribution in [0.2, 0.25) is 0 Å². The molecule has 0 unspecified atom stereocenters. The van der Waals surface area contributed by atoms with Crippen LogP contribution in [-0.4, -0.2) is 28.6 Å². The van der Waals surface area contributed by atoms with E-state index in [0.717, 1.165) is 0 Å². The minimum Gasteiger partial charge on any atom is -0.550 e. The van der Waals surface area contributed by atoms with Crippen molar-refractivity contribution in [2.75, 3.05) is 0 Å². The maximum Gasteiger partial charge on any atom is 3.00 e. The van der Waals surface area contributed by atoms with E-state index in [2.05, 4.69) is 0 Å². The van der Waals surface area contributed by atoms with Gasteiger partial charge in [0.2, 0.25) is 0 Å².